The molecule has 0 aromatic heterocycles. The lowest BCUT2D eigenvalue weighted by molar-refractivity contribution is -0.142. The van der Waals surface area contributed by atoms with E-state index in [-0.39, 0.29) is 10.9 Å². The van der Waals surface area contributed by atoms with Gasteiger partial charge in [-0.15, -0.1) is 0 Å². The number of benzene rings is 2. The second-order valence-corrected chi connectivity index (χ2v) is 8.46. The smallest absolute Gasteiger partial charge is 0.343 e. The molecule has 7 nitrogen and oxygen atoms in total. The average molecular weight is 507 g/mol. The quantitative estimate of drug-likeness (QED) is 0.364. The third-order valence-electron chi connectivity index (χ3n) is 3.87. The number of hydrogen-bond donors (Lipinski definition) is 1. The molecular weight excluding hydrogens is 492 g/mol. The summed E-state index contributed by atoms with van der Waals surface area (Å²) in [4.78, 5) is 36.8. The Hall–Kier alpha value is -2.69. The van der Waals surface area contributed by atoms with Crippen LogP contribution in [-0.4, -0.2) is 40.8 Å². The fraction of sp³-hybridized carbons (Fsp3) is 0.100. The number of carbonyl (C=O) groups is 3. The van der Waals surface area contributed by atoms with Gasteiger partial charge in [-0.1, -0.05) is 45.9 Å². The highest BCUT2D eigenvalue weighted by Crippen LogP contribution is 2.34. The monoisotopic (exact) mass is 506 g/mol. The molecule has 2 amide bonds. The van der Waals surface area contributed by atoms with Crippen LogP contribution in [0.1, 0.15) is 15.9 Å². The van der Waals surface area contributed by atoms with E-state index in [2.05, 4.69) is 26.1 Å². The van der Waals surface area contributed by atoms with Gasteiger partial charge >= 0.3 is 5.97 Å². The molecule has 10 heteroatoms. The standard InChI is InChI=1S/C20H15BrN2O5S2/c1-27-17(24)11-28-15-8-7-14(21)9-13(15)10-16-19(26)23(20(29)30-16)22-18(25)12-5-3-2-4-6-12/h2-10H,11H2,1H3,(H,22,25)/b16-10+. The Morgan fingerprint density at radius 2 is 1.97 bits per heavy atom. The lowest BCUT2D eigenvalue weighted by Gasteiger charge is -2.15. The molecule has 1 heterocycles. The van der Waals surface area contributed by atoms with Gasteiger partial charge in [-0.2, -0.15) is 5.01 Å². The number of thiocarbonyl (C=S) groups is 1. The first-order chi connectivity index (χ1) is 14.4. The summed E-state index contributed by atoms with van der Waals surface area (Å²) in [5, 5.41) is 1.04. The summed E-state index contributed by atoms with van der Waals surface area (Å²) >= 11 is 9.67. The van der Waals surface area contributed by atoms with Crippen molar-refractivity contribution in [3.63, 3.8) is 0 Å². The Morgan fingerprint density at radius 3 is 2.67 bits per heavy atom. The van der Waals surface area contributed by atoms with Crippen LogP contribution in [0.15, 0.2) is 57.9 Å². The number of nitrogens with one attached hydrogen (secondary N) is 1. The summed E-state index contributed by atoms with van der Waals surface area (Å²) in [7, 11) is 1.27. The topological polar surface area (TPSA) is 84.9 Å². The molecule has 0 bridgehead atoms. The van der Waals surface area contributed by atoms with Gasteiger partial charge in [0.05, 0.1) is 12.0 Å². The van der Waals surface area contributed by atoms with E-state index in [1.54, 1.807) is 54.6 Å². The van der Waals surface area contributed by atoms with Crippen LogP contribution in [0.5, 0.6) is 5.75 Å². The van der Waals surface area contributed by atoms with Crippen LogP contribution >= 0.6 is 39.9 Å². The van der Waals surface area contributed by atoms with Gasteiger partial charge in [0.1, 0.15) is 5.75 Å². The minimum Gasteiger partial charge on any atom is -0.481 e. The number of hydrazine groups is 1. The molecule has 154 valence electrons. The summed E-state index contributed by atoms with van der Waals surface area (Å²) in [6.07, 6.45) is 1.59. The molecule has 0 unspecified atom stereocenters. The van der Waals surface area contributed by atoms with E-state index >= 15 is 0 Å². The lowest BCUT2D eigenvalue weighted by atomic mass is 10.2. The fourth-order valence-electron chi connectivity index (χ4n) is 2.42. The molecule has 3 rings (SSSR count). The van der Waals surface area contributed by atoms with Crippen LogP contribution in [-0.2, 0) is 14.3 Å². The molecule has 0 spiro atoms. The minimum absolute atomic E-state index is 0.197. The first-order valence-electron chi connectivity index (χ1n) is 8.52. The van der Waals surface area contributed by atoms with Crippen molar-refractivity contribution in [3.05, 3.63) is 69.0 Å². The summed E-state index contributed by atoms with van der Waals surface area (Å²) in [5.41, 5.74) is 3.49. The van der Waals surface area contributed by atoms with Gasteiger partial charge in [-0.05, 0) is 48.6 Å². The Bertz CT molecular complexity index is 1040. The first kappa shape index (κ1) is 22.0. The predicted octanol–water partition coefficient (Wildman–Crippen LogP) is 3.55. The molecular formula is C20H15BrN2O5S2. The van der Waals surface area contributed by atoms with Crippen molar-refractivity contribution in [2.45, 2.75) is 0 Å². The van der Waals surface area contributed by atoms with Gasteiger partial charge in [0.2, 0.25) is 0 Å². The fourth-order valence-corrected chi connectivity index (χ4v) is 3.97. The predicted molar refractivity (Wildman–Crippen MR) is 121 cm³/mol. The molecule has 0 aliphatic carbocycles. The van der Waals surface area contributed by atoms with Crippen LogP contribution in [0.2, 0.25) is 0 Å². The summed E-state index contributed by atoms with van der Waals surface area (Å²) < 4.78 is 11.0. The van der Waals surface area contributed by atoms with Crippen molar-refractivity contribution >= 4 is 68.1 Å². The summed E-state index contributed by atoms with van der Waals surface area (Å²) in [5.74, 6) is -1.05. The Morgan fingerprint density at radius 1 is 1.23 bits per heavy atom. The van der Waals surface area contributed by atoms with Gasteiger partial charge in [0, 0.05) is 15.6 Å². The van der Waals surface area contributed by atoms with E-state index in [0.29, 0.717) is 21.8 Å². The Balaban J connectivity index is 1.80. The van der Waals surface area contributed by atoms with E-state index in [1.165, 1.54) is 7.11 Å². The highest BCUT2D eigenvalue weighted by Gasteiger charge is 2.34. The number of carbonyl (C=O) groups excluding carboxylic acids is 3. The zero-order valence-electron chi connectivity index (χ0n) is 15.6. The summed E-state index contributed by atoms with van der Waals surface area (Å²) in [6.45, 7) is -0.271. The van der Waals surface area contributed by atoms with E-state index < -0.39 is 17.8 Å². The minimum atomic E-state index is -0.529. The summed E-state index contributed by atoms with van der Waals surface area (Å²) in [6, 6.07) is 13.7. The second kappa shape index (κ2) is 9.88. The molecule has 0 atom stereocenters. The SMILES string of the molecule is COC(=O)COc1ccc(Br)cc1/C=C1/SC(=S)N(NC(=O)c2ccccc2)C1=O. The largest absolute Gasteiger partial charge is 0.481 e. The maximum Gasteiger partial charge on any atom is 0.343 e. The highest BCUT2D eigenvalue weighted by atomic mass is 79.9. The molecule has 2 aromatic carbocycles. The number of esters is 1. The molecule has 1 fully saturated rings. The van der Waals surface area contributed by atoms with Crippen molar-refractivity contribution in [2.24, 2.45) is 0 Å². The maximum absolute atomic E-state index is 12.8. The highest BCUT2D eigenvalue weighted by molar-refractivity contribution is 9.10. The van der Waals surface area contributed by atoms with E-state index in [4.69, 9.17) is 17.0 Å². The van der Waals surface area contributed by atoms with E-state index in [9.17, 15) is 14.4 Å². The van der Waals surface area contributed by atoms with Crippen molar-refractivity contribution < 1.29 is 23.9 Å². The van der Waals surface area contributed by atoms with Crippen LogP contribution < -0.4 is 10.2 Å². The van der Waals surface area contributed by atoms with Crippen LogP contribution in [0, 0.1) is 0 Å². The Labute approximate surface area is 190 Å². The van der Waals surface area contributed by atoms with Gasteiger partial charge in [0.25, 0.3) is 11.8 Å². The van der Waals surface area contributed by atoms with Gasteiger partial charge in [0.15, 0.2) is 10.9 Å². The number of hydrogen-bond acceptors (Lipinski definition) is 7. The third kappa shape index (κ3) is 5.26. The van der Waals surface area contributed by atoms with Crippen LogP contribution in [0.3, 0.4) is 0 Å². The number of rotatable bonds is 6. The molecule has 0 radical (unpaired) electrons. The molecule has 30 heavy (non-hydrogen) atoms. The normalized spacial score (nSPS) is 14.7. The number of ether oxygens (including phenoxy) is 2. The van der Waals surface area contributed by atoms with E-state index in [0.717, 1.165) is 21.2 Å². The average Bonchev–Trinajstić information content (AvgIpc) is 3.00. The molecule has 1 aliphatic heterocycles. The lowest BCUT2D eigenvalue weighted by Crippen LogP contribution is -2.44. The van der Waals surface area contributed by atoms with Crippen molar-refractivity contribution in [3.8, 4) is 5.75 Å². The number of nitrogens with zero attached hydrogens (tertiary/aromatic N) is 1. The number of methoxy groups -OCH3 is 1. The second-order valence-electron chi connectivity index (χ2n) is 5.87. The zero-order chi connectivity index (χ0) is 21.7. The first-order valence-corrected chi connectivity index (χ1v) is 10.5. The molecule has 1 N–H and O–H groups in total. The third-order valence-corrected chi connectivity index (χ3v) is 5.67. The maximum atomic E-state index is 12.8. The van der Waals surface area contributed by atoms with Gasteiger partial charge < -0.3 is 9.47 Å². The van der Waals surface area contributed by atoms with Crippen LogP contribution in [0.4, 0.5) is 0 Å². The van der Waals surface area contributed by atoms with Gasteiger partial charge in [-0.3, -0.25) is 15.0 Å². The molecule has 0 saturated carbocycles. The van der Waals surface area contributed by atoms with Gasteiger partial charge in [-0.25, -0.2) is 4.79 Å². The van der Waals surface area contributed by atoms with E-state index in [1.807, 2.05) is 0 Å². The van der Waals surface area contributed by atoms with Crippen molar-refractivity contribution in [2.75, 3.05) is 13.7 Å². The molecule has 1 saturated heterocycles. The number of halogens is 1. The van der Waals surface area contributed by atoms with Crippen molar-refractivity contribution in [1.82, 2.24) is 10.4 Å². The van der Waals surface area contributed by atoms with Crippen LogP contribution in [0.25, 0.3) is 6.08 Å². The molecule has 2 aromatic rings. The zero-order valence-corrected chi connectivity index (χ0v) is 18.8. The van der Waals surface area contributed by atoms with Crippen molar-refractivity contribution in [1.29, 1.82) is 0 Å². The number of thioether (sulfide) groups is 1. The number of amides is 2. The Kier molecular flexibility index (Phi) is 7.24. The molecule has 1 aliphatic rings.